The molecule has 0 bridgehead atoms. The van der Waals surface area contributed by atoms with Crippen LogP contribution in [0.25, 0.3) is 0 Å². The maximum absolute atomic E-state index is 11.4. The quantitative estimate of drug-likeness (QED) is 0.649. The van der Waals surface area contributed by atoms with Gasteiger partial charge in [-0.15, -0.1) is 11.8 Å². The lowest BCUT2D eigenvalue weighted by Crippen LogP contribution is -2.42. The lowest BCUT2D eigenvalue weighted by Gasteiger charge is -2.33. The van der Waals surface area contributed by atoms with Gasteiger partial charge in [0.2, 0.25) is 0 Å². The molecule has 0 aromatic heterocycles. The fraction of sp³-hybridized carbons (Fsp3) is 0.556. The molecule has 0 aliphatic carbocycles. The predicted octanol–water partition coefficient (Wildman–Crippen LogP) is -0.452. The van der Waals surface area contributed by atoms with Crippen LogP contribution in [-0.2, 0) is 14.3 Å². The Morgan fingerprint density at radius 1 is 1.60 bits per heavy atom. The summed E-state index contributed by atoms with van der Waals surface area (Å²) in [5.74, 6) is -0.635. The first-order chi connectivity index (χ1) is 7.20. The molecule has 0 saturated carbocycles. The number of carbonyl (C=O) groups is 2. The molecule has 2 aliphatic heterocycles. The van der Waals surface area contributed by atoms with E-state index in [2.05, 4.69) is 5.32 Å². The number of hydrogen-bond donors (Lipinski definition) is 1. The molecule has 1 saturated heterocycles. The summed E-state index contributed by atoms with van der Waals surface area (Å²) in [6, 6.07) is 0. The van der Waals surface area contributed by atoms with Gasteiger partial charge in [-0.2, -0.15) is 0 Å². The minimum atomic E-state index is -0.331. The van der Waals surface area contributed by atoms with E-state index in [1.54, 1.807) is 11.8 Å². The average Bonchev–Trinajstić information content (AvgIpc) is 2.58. The molecule has 82 valence electrons. The van der Waals surface area contributed by atoms with Crippen LogP contribution in [0.4, 0.5) is 0 Å². The number of nitrogens with one attached hydrogen (secondary N) is 1. The summed E-state index contributed by atoms with van der Waals surface area (Å²) in [7, 11) is 0. The first-order valence-corrected chi connectivity index (χ1v) is 5.96. The lowest BCUT2D eigenvalue weighted by atomic mass is 10.3. The molecule has 2 aliphatic rings. The summed E-state index contributed by atoms with van der Waals surface area (Å²) >= 11 is 1.60. The highest BCUT2D eigenvalue weighted by Gasteiger charge is 2.29. The number of nitrogens with zero attached hydrogens (tertiary/aromatic N) is 1. The fourth-order valence-electron chi connectivity index (χ4n) is 1.62. The van der Waals surface area contributed by atoms with Crippen LogP contribution in [0, 0.1) is 0 Å². The van der Waals surface area contributed by atoms with E-state index in [0.29, 0.717) is 25.4 Å². The molecule has 0 aromatic rings. The van der Waals surface area contributed by atoms with E-state index in [1.165, 1.54) is 6.08 Å². The summed E-state index contributed by atoms with van der Waals surface area (Å²) in [6.07, 6.45) is 3.31. The molecule has 15 heavy (non-hydrogen) atoms. The Hall–Kier alpha value is -1.01. The molecule has 1 N–H and O–H groups in total. The van der Waals surface area contributed by atoms with Gasteiger partial charge in [0.05, 0.1) is 13.2 Å². The van der Waals surface area contributed by atoms with Crippen molar-refractivity contribution in [1.29, 1.82) is 0 Å². The largest absolute Gasteiger partial charge is 0.364 e. The van der Waals surface area contributed by atoms with E-state index in [4.69, 9.17) is 4.74 Å². The van der Waals surface area contributed by atoms with Crippen LogP contribution in [0.3, 0.4) is 0 Å². The minimum Gasteiger partial charge on any atom is -0.364 e. The smallest absolute Gasteiger partial charge is 0.274 e. The first kappa shape index (κ1) is 10.5. The molecule has 1 unspecified atom stereocenters. The Bertz CT molecular complexity index is 329. The number of hydrogen-bond acceptors (Lipinski definition) is 5. The van der Waals surface area contributed by atoms with E-state index in [0.717, 1.165) is 0 Å². The third-order valence-corrected chi connectivity index (χ3v) is 3.19. The Kier molecular flexibility index (Phi) is 2.97. The maximum atomic E-state index is 11.4. The monoisotopic (exact) mass is 228 g/mol. The summed E-state index contributed by atoms with van der Waals surface area (Å²) < 4.78 is 5.46. The molecule has 2 amide bonds. The summed E-state index contributed by atoms with van der Waals surface area (Å²) in [4.78, 5) is 24.3. The SMILES string of the molecule is CSC1CN(C2=CC(=O)NC2=O)CCO1. The number of carbonyl (C=O) groups excluding carboxylic acids is 2. The normalized spacial score (nSPS) is 26.6. The highest BCUT2D eigenvalue weighted by atomic mass is 32.2. The minimum absolute atomic E-state index is 0.0724. The molecule has 2 heterocycles. The van der Waals surface area contributed by atoms with Crippen molar-refractivity contribution in [3.8, 4) is 0 Å². The van der Waals surface area contributed by atoms with Crippen LogP contribution in [-0.4, -0.2) is 48.1 Å². The Morgan fingerprint density at radius 3 is 3.00 bits per heavy atom. The maximum Gasteiger partial charge on any atom is 0.274 e. The van der Waals surface area contributed by atoms with Crippen LogP contribution in [0.5, 0.6) is 0 Å². The van der Waals surface area contributed by atoms with Gasteiger partial charge in [-0.05, 0) is 6.26 Å². The van der Waals surface area contributed by atoms with E-state index >= 15 is 0 Å². The van der Waals surface area contributed by atoms with Gasteiger partial charge in [0.25, 0.3) is 11.8 Å². The van der Waals surface area contributed by atoms with Gasteiger partial charge in [0, 0.05) is 12.6 Å². The van der Waals surface area contributed by atoms with Crippen molar-refractivity contribution in [2.45, 2.75) is 5.44 Å². The van der Waals surface area contributed by atoms with Gasteiger partial charge < -0.3 is 9.64 Å². The van der Waals surface area contributed by atoms with E-state index in [1.807, 2.05) is 11.2 Å². The molecule has 0 radical (unpaired) electrons. The number of amides is 2. The topological polar surface area (TPSA) is 58.6 Å². The molecule has 0 spiro atoms. The van der Waals surface area contributed by atoms with Crippen LogP contribution in [0.15, 0.2) is 11.8 Å². The van der Waals surface area contributed by atoms with Crippen LogP contribution < -0.4 is 5.32 Å². The summed E-state index contributed by atoms with van der Waals surface area (Å²) in [5.41, 5.74) is 0.533. The zero-order chi connectivity index (χ0) is 10.8. The Labute approximate surface area is 91.8 Å². The third kappa shape index (κ3) is 2.15. The second kappa shape index (κ2) is 4.24. The van der Waals surface area contributed by atoms with Crippen molar-refractivity contribution in [3.05, 3.63) is 11.8 Å². The zero-order valence-corrected chi connectivity index (χ0v) is 9.17. The second-order valence-corrected chi connectivity index (χ2v) is 4.33. The van der Waals surface area contributed by atoms with Crippen molar-refractivity contribution >= 4 is 23.6 Å². The van der Waals surface area contributed by atoms with Gasteiger partial charge in [0.1, 0.15) is 11.1 Å². The second-order valence-electron chi connectivity index (χ2n) is 3.33. The van der Waals surface area contributed by atoms with E-state index in [9.17, 15) is 9.59 Å². The number of morpholine rings is 1. The van der Waals surface area contributed by atoms with Gasteiger partial charge in [0.15, 0.2) is 0 Å². The molecule has 5 nitrogen and oxygen atoms in total. The van der Waals surface area contributed by atoms with Crippen molar-refractivity contribution in [3.63, 3.8) is 0 Å². The van der Waals surface area contributed by atoms with E-state index in [-0.39, 0.29) is 17.3 Å². The Morgan fingerprint density at radius 2 is 2.40 bits per heavy atom. The van der Waals surface area contributed by atoms with Gasteiger partial charge in [-0.1, -0.05) is 0 Å². The summed E-state index contributed by atoms with van der Waals surface area (Å²) in [5, 5.41) is 2.24. The molecule has 2 rings (SSSR count). The van der Waals surface area contributed by atoms with Crippen molar-refractivity contribution in [1.82, 2.24) is 10.2 Å². The fourth-order valence-corrected chi connectivity index (χ4v) is 2.18. The standard InChI is InChI=1S/C9H12N2O3S/c1-15-8-5-11(2-3-14-8)6-4-7(12)10-9(6)13/h4,8H,2-3,5H2,1H3,(H,10,12,13). The number of rotatable bonds is 2. The van der Waals surface area contributed by atoms with Crippen LogP contribution in [0.1, 0.15) is 0 Å². The first-order valence-electron chi connectivity index (χ1n) is 4.67. The molecular weight excluding hydrogens is 216 g/mol. The van der Waals surface area contributed by atoms with Crippen LogP contribution in [0.2, 0.25) is 0 Å². The van der Waals surface area contributed by atoms with Crippen molar-refractivity contribution in [2.75, 3.05) is 26.0 Å². The van der Waals surface area contributed by atoms with Crippen molar-refractivity contribution < 1.29 is 14.3 Å². The molecule has 1 fully saturated rings. The number of ether oxygens (including phenoxy) is 1. The predicted molar refractivity (Wildman–Crippen MR) is 56.1 cm³/mol. The third-order valence-electron chi connectivity index (χ3n) is 2.38. The summed E-state index contributed by atoms with van der Waals surface area (Å²) in [6.45, 7) is 1.89. The van der Waals surface area contributed by atoms with Gasteiger partial charge in [-0.25, -0.2) is 0 Å². The van der Waals surface area contributed by atoms with Crippen molar-refractivity contribution in [2.24, 2.45) is 0 Å². The molecule has 1 atom stereocenters. The van der Waals surface area contributed by atoms with E-state index < -0.39 is 0 Å². The average molecular weight is 228 g/mol. The molecule has 0 aromatic carbocycles. The molecule has 6 heteroatoms. The van der Waals surface area contributed by atoms with Gasteiger partial charge in [-0.3, -0.25) is 14.9 Å². The zero-order valence-electron chi connectivity index (χ0n) is 8.36. The Balaban J connectivity index is 2.07. The number of thioether (sulfide) groups is 1. The lowest BCUT2D eigenvalue weighted by molar-refractivity contribution is -0.124. The highest BCUT2D eigenvalue weighted by Crippen LogP contribution is 2.19. The molecular formula is C9H12N2O3S. The van der Waals surface area contributed by atoms with Gasteiger partial charge >= 0.3 is 0 Å². The number of imide groups is 1. The highest BCUT2D eigenvalue weighted by molar-refractivity contribution is 7.99. The van der Waals surface area contributed by atoms with Crippen LogP contribution >= 0.6 is 11.8 Å².